The Bertz CT molecular complexity index is 1120. The second-order valence-corrected chi connectivity index (χ2v) is 7.13. The number of carbonyl (C=O) groups is 2. The number of anilines is 1. The molecule has 2 aromatic heterocycles. The van der Waals surface area contributed by atoms with Gasteiger partial charge >= 0.3 is 0 Å². The number of fused-ring (bicyclic) bond motifs is 1. The molecular formula is C19H20N4O4S. The number of nitrogens with zero attached hydrogens (tertiary/aromatic N) is 3. The van der Waals surface area contributed by atoms with Crippen molar-refractivity contribution in [3.63, 3.8) is 0 Å². The summed E-state index contributed by atoms with van der Waals surface area (Å²) >= 11 is 1.52. The fourth-order valence-electron chi connectivity index (χ4n) is 2.86. The summed E-state index contributed by atoms with van der Waals surface area (Å²) in [5, 5.41) is 2.93. The first-order valence-electron chi connectivity index (χ1n) is 8.46. The van der Waals surface area contributed by atoms with Crippen molar-refractivity contribution in [1.29, 1.82) is 0 Å². The number of thioether (sulfide) groups is 1. The monoisotopic (exact) mass is 400 g/mol. The van der Waals surface area contributed by atoms with E-state index < -0.39 is 5.91 Å². The zero-order valence-corrected chi connectivity index (χ0v) is 16.8. The van der Waals surface area contributed by atoms with Crippen LogP contribution in [0.1, 0.15) is 16.1 Å². The van der Waals surface area contributed by atoms with E-state index in [2.05, 4.69) is 10.3 Å². The smallest absolute Gasteiger partial charge is 0.265 e. The van der Waals surface area contributed by atoms with Crippen LogP contribution >= 0.6 is 11.8 Å². The van der Waals surface area contributed by atoms with Gasteiger partial charge < -0.3 is 19.2 Å². The van der Waals surface area contributed by atoms with Gasteiger partial charge in [-0.05, 0) is 25.3 Å². The van der Waals surface area contributed by atoms with Crippen LogP contribution in [0.15, 0.2) is 44.7 Å². The molecule has 0 spiro atoms. The number of amides is 2. The van der Waals surface area contributed by atoms with E-state index in [-0.39, 0.29) is 40.4 Å². The minimum atomic E-state index is -0.477. The Morgan fingerprint density at radius 2 is 2.04 bits per heavy atom. The number of nitrogens with one attached hydrogen (secondary N) is 1. The van der Waals surface area contributed by atoms with Gasteiger partial charge in [0.2, 0.25) is 11.6 Å². The van der Waals surface area contributed by atoms with Crippen LogP contribution in [-0.2, 0) is 11.8 Å². The average Bonchev–Trinajstić information content (AvgIpc) is 3.01. The fraction of sp³-hybridized carbons (Fsp3) is 0.263. The number of para-hydroxylation sites is 1. The highest BCUT2D eigenvalue weighted by Crippen LogP contribution is 2.25. The maximum atomic E-state index is 12.9. The van der Waals surface area contributed by atoms with Gasteiger partial charge in [-0.25, -0.2) is 4.98 Å². The first-order chi connectivity index (χ1) is 13.3. The quantitative estimate of drug-likeness (QED) is 0.660. The summed E-state index contributed by atoms with van der Waals surface area (Å²) in [6, 6.07) is 7.42. The zero-order valence-electron chi connectivity index (χ0n) is 16.0. The van der Waals surface area contributed by atoms with Crippen LogP contribution in [0.4, 0.5) is 5.69 Å². The Kier molecular flexibility index (Phi) is 5.55. The Morgan fingerprint density at radius 3 is 2.75 bits per heavy atom. The van der Waals surface area contributed by atoms with E-state index in [0.717, 1.165) is 4.90 Å². The van der Waals surface area contributed by atoms with Gasteiger partial charge in [0.05, 0.1) is 17.8 Å². The van der Waals surface area contributed by atoms with E-state index in [1.165, 1.54) is 34.6 Å². The Balaban J connectivity index is 1.83. The Hall–Kier alpha value is -3.07. The SMILES string of the molecule is CSc1ccccc1NC(=O)CN(C)C(=O)c1c(C)oc2ncn(C)c(=O)c12. The highest BCUT2D eigenvalue weighted by atomic mass is 32.2. The maximum Gasteiger partial charge on any atom is 0.265 e. The predicted molar refractivity (Wildman–Crippen MR) is 108 cm³/mol. The number of furan rings is 1. The molecular weight excluding hydrogens is 380 g/mol. The van der Waals surface area contributed by atoms with Gasteiger partial charge in [-0.1, -0.05) is 12.1 Å². The predicted octanol–water partition coefficient (Wildman–Crippen LogP) is 2.27. The topological polar surface area (TPSA) is 97.4 Å². The summed E-state index contributed by atoms with van der Waals surface area (Å²) < 4.78 is 6.74. The molecule has 0 aliphatic rings. The fourth-order valence-corrected chi connectivity index (χ4v) is 3.41. The van der Waals surface area contributed by atoms with Gasteiger partial charge in [0.15, 0.2) is 0 Å². The van der Waals surface area contributed by atoms with Crippen LogP contribution in [0, 0.1) is 6.92 Å². The second-order valence-electron chi connectivity index (χ2n) is 6.28. The molecule has 2 heterocycles. The number of benzene rings is 1. The number of aryl methyl sites for hydroxylation is 2. The van der Waals surface area contributed by atoms with E-state index in [9.17, 15) is 14.4 Å². The van der Waals surface area contributed by atoms with Crippen LogP contribution in [0.25, 0.3) is 11.1 Å². The Labute approximate surface area is 165 Å². The molecule has 0 saturated carbocycles. The standard InChI is InChI=1S/C19H20N4O4S/c1-11-15(16-17(27-11)20-10-23(3)19(16)26)18(25)22(2)9-14(24)21-12-7-5-6-8-13(12)28-4/h5-8,10H,9H2,1-4H3,(H,21,24). The molecule has 8 nitrogen and oxygen atoms in total. The minimum Gasteiger partial charge on any atom is -0.442 e. The highest BCUT2D eigenvalue weighted by molar-refractivity contribution is 7.98. The van der Waals surface area contributed by atoms with Crippen molar-refractivity contribution in [2.24, 2.45) is 7.05 Å². The van der Waals surface area contributed by atoms with E-state index in [1.807, 2.05) is 24.5 Å². The molecule has 1 N–H and O–H groups in total. The highest BCUT2D eigenvalue weighted by Gasteiger charge is 2.26. The summed E-state index contributed by atoms with van der Waals surface area (Å²) in [4.78, 5) is 44.0. The summed E-state index contributed by atoms with van der Waals surface area (Å²) in [5.74, 6) is -0.528. The van der Waals surface area contributed by atoms with Crippen LogP contribution in [0.5, 0.6) is 0 Å². The zero-order chi connectivity index (χ0) is 20.4. The lowest BCUT2D eigenvalue weighted by molar-refractivity contribution is -0.116. The van der Waals surface area contributed by atoms with Gasteiger partial charge in [-0.2, -0.15) is 0 Å². The van der Waals surface area contributed by atoms with Crippen LogP contribution < -0.4 is 10.9 Å². The van der Waals surface area contributed by atoms with Crippen LogP contribution in [-0.4, -0.2) is 46.1 Å². The van der Waals surface area contributed by atoms with Crippen molar-refractivity contribution >= 4 is 40.4 Å². The molecule has 0 fully saturated rings. The number of carbonyl (C=O) groups excluding carboxylic acids is 2. The van der Waals surface area contributed by atoms with Crippen molar-refractivity contribution in [3.8, 4) is 0 Å². The molecule has 0 radical (unpaired) electrons. The number of aromatic nitrogens is 2. The molecule has 28 heavy (non-hydrogen) atoms. The molecule has 0 saturated heterocycles. The molecule has 0 unspecified atom stereocenters. The van der Waals surface area contributed by atoms with Gasteiger partial charge in [0, 0.05) is 19.0 Å². The van der Waals surface area contributed by atoms with E-state index in [4.69, 9.17) is 4.42 Å². The van der Waals surface area contributed by atoms with Crippen LogP contribution in [0.2, 0.25) is 0 Å². The largest absolute Gasteiger partial charge is 0.442 e. The lowest BCUT2D eigenvalue weighted by Crippen LogP contribution is -2.35. The third-order valence-electron chi connectivity index (χ3n) is 4.27. The lowest BCUT2D eigenvalue weighted by atomic mass is 10.1. The first-order valence-corrected chi connectivity index (χ1v) is 9.69. The summed E-state index contributed by atoms with van der Waals surface area (Å²) in [5.41, 5.74) is 0.542. The van der Waals surface area contributed by atoms with Gasteiger partial charge in [-0.3, -0.25) is 14.4 Å². The molecule has 0 aliphatic carbocycles. The third kappa shape index (κ3) is 3.65. The third-order valence-corrected chi connectivity index (χ3v) is 5.07. The number of hydrogen-bond acceptors (Lipinski definition) is 6. The normalized spacial score (nSPS) is 10.9. The number of hydrogen-bond donors (Lipinski definition) is 1. The molecule has 3 aromatic rings. The molecule has 0 atom stereocenters. The van der Waals surface area contributed by atoms with Gasteiger partial charge in [0.25, 0.3) is 11.5 Å². The maximum absolute atomic E-state index is 12.9. The van der Waals surface area contributed by atoms with E-state index in [0.29, 0.717) is 5.69 Å². The minimum absolute atomic E-state index is 0.107. The van der Waals surface area contributed by atoms with Gasteiger partial charge in [-0.15, -0.1) is 11.8 Å². The molecule has 0 aliphatic heterocycles. The van der Waals surface area contributed by atoms with Crippen molar-refractivity contribution in [1.82, 2.24) is 14.5 Å². The summed E-state index contributed by atoms with van der Waals surface area (Å²) in [7, 11) is 3.05. The molecule has 3 rings (SSSR count). The average molecular weight is 400 g/mol. The molecule has 0 bridgehead atoms. The van der Waals surface area contributed by atoms with E-state index >= 15 is 0 Å². The molecule has 1 aromatic carbocycles. The van der Waals surface area contributed by atoms with Crippen LogP contribution in [0.3, 0.4) is 0 Å². The van der Waals surface area contributed by atoms with Gasteiger partial charge in [0.1, 0.15) is 17.5 Å². The van der Waals surface area contributed by atoms with Crippen molar-refractivity contribution < 1.29 is 14.0 Å². The number of rotatable bonds is 5. The van der Waals surface area contributed by atoms with E-state index in [1.54, 1.807) is 20.0 Å². The Morgan fingerprint density at radius 1 is 1.32 bits per heavy atom. The number of likely N-dealkylation sites (N-methyl/N-ethyl adjacent to an activating group) is 1. The van der Waals surface area contributed by atoms with Crippen molar-refractivity contribution in [2.45, 2.75) is 11.8 Å². The second kappa shape index (κ2) is 7.89. The molecule has 2 amide bonds. The molecule has 146 valence electrons. The lowest BCUT2D eigenvalue weighted by Gasteiger charge is -2.17. The van der Waals surface area contributed by atoms with Crippen molar-refractivity contribution in [2.75, 3.05) is 25.2 Å². The summed E-state index contributed by atoms with van der Waals surface area (Å²) in [6.07, 6.45) is 3.25. The summed E-state index contributed by atoms with van der Waals surface area (Å²) in [6.45, 7) is 1.42. The van der Waals surface area contributed by atoms with Crippen molar-refractivity contribution in [3.05, 3.63) is 52.3 Å². The molecule has 9 heteroatoms. The first kappa shape index (κ1) is 19.7.